The summed E-state index contributed by atoms with van der Waals surface area (Å²) in [5.41, 5.74) is 1.92. The fourth-order valence-electron chi connectivity index (χ4n) is 2.50. The molecule has 1 aromatic heterocycles. The molecule has 122 valence electrons. The molecule has 1 aliphatic rings. The highest BCUT2D eigenvalue weighted by Gasteiger charge is 2.10. The van der Waals surface area contributed by atoms with Crippen LogP contribution >= 0.6 is 11.6 Å². The van der Waals surface area contributed by atoms with E-state index in [0.29, 0.717) is 18.2 Å². The summed E-state index contributed by atoms with van der Waals surface area (Å²) in [5, 5.41) is 0.719. The van der Waals surface area contributed by atoms with E-state index in [1.54, 1.807) is 12.4 Å². The summed E-state index contributed by atoms with van der Waals surface area (Å²) in [6.07, 6.45) is 3.42. The van der Waals surface area contributed by atoms with E-state index in [9.17, 15) is 0 Å². The van der Waals surface area contributed by atoms with Crippen LogP contribution in [0.25, 0.3) is 11.4 Å². The summed E-state index contributed by atoms with van der Waals surface area (Å²) >= 11 is 6.14. The van der Waals surface area contributed by atoms with Gasteiger partial charge in [0.05, 0.1) is 25.6 Å². The maximum absolute atomic E-state index is 6.14. The standard InChI is InChI=1S/C17H20ClN3O2/c1-13-15(3-2-4-16(13)18)17-19-11-14(12-20-17)23-10-7-21-5-8-22-9-6-21/h2-4,11-12H,5-10H2,1H3. The highest BCUT2D eigenvalue weighted by atomic mass is 35.5. The molecule has 0 N–H and O–H groups in total. The molecule has 0 amide bonds. The molecule has 2 aromatic rings. The second kappa shape index (κ2) is 7.73. The third-order valence-corrected chi connectivity index (χ3v) is 4.33. The molecule has 1 aliphatic heterocycles. The number of hydrogen-bond acceptors (Lipinski definition) is 5. The molecule has 0 saturated carbocycles. The van der Waals surface area contributed by atoms with Crippen LogP contribution in [0.1, 0.15) is 5.56 Å². The van der Waals surface area contributed by atoms with Crippen molar-refractivity contribution >= 4 is 11.6 Å². The Hall–Kier alpha value is -1.69. The highest BCUT2D eigenvalue weighted by molar-refractivity contribution is 6.31. The van der Waals surface area contributed by atoms with Gasteiger partial charge < -0.3 is 9.47 Å². The normalized spacial score (nSPS) is 15.6. The smallest absolute Gasteiger partial charge is 0.159 e. The van der Waals surface area contributed by atoms with Crippen molar-refractivity contribution in [1.29, 1.82) is 0 Å². The molecule has 0 aliphatic carbocycles. The Labute approximate surface area is 141 Å². The molecule has 23 heavy (non-hydrogen) atoms. The SMILES string of the molecule is Cc1c(Cl)cccc1-c1ncc(OCCN2CCOCC2)cn1. The van der Waals surface area contributed by atoms with E-state index in [1.807, 2.05) is 25.1 Å². The summed E-state index contributed by atoms with van der Waals surface area (Å²) in [5.74, 6) is 1.34. The van der Waals surface area contributed by atoms with E-state index in [2.05, 4.69) is 14.9 Å². The second-order valence-electron chi connectivity index (χ2n) is 5.46. The number of benzene rings is 1. The van der Waals surface area contributed by atoms with Gasteiger partial charge in [-0.2, -0.15) is 0 Å². The lowest BCUT2D eigenvalue weighted by Gasteiger charge is -2.26. The van der Waals surface area contributed by atoms with Gasteiger partial charge in [-0.25, -0.2) is 9.97 Å². The number of nitrogens with zero attached hydrogens (tertiary/aromatic N) is 3. The van der Waals surface area contributed by atoms with Crippen molar-refractivity contribution in [3.63, 3.8) is 0 Å². The average Bonchev–Trinajstić information content (AvgIpc) is 2.59. The topological polar surface area (TPSA) is 47.5 Å². The second-order valence-corrected chi connectivity index (χ2v) is 5.86. The van der Waals surface area contributed by atoms with Gasteiger partial charge in [-0.05, 0) is 18.6 Å². The van der Waals surface area contributed by atoms with E-state index in [1.165, 1.54) is 0 Å². The van der Waals surface area contributed by atoms with Gasteiger partial charge in [0.25, 0.3) is 0 Å². The Morgan fingerprint density at radius 1 is 1.22 bits per heavy atom. The minimum Gasteiger partial charge on any atom is -0.489 e. The third kappa shape index (κ3) is 4.19. The molecule has 1 fully saturated rings. The lowest BCUT2D eigenvalue weighted by Crippen LogP contribution is -2.38. The monoisotopic (exact) mass is 333 g/mol. The summed E-state index contributed by atoms with van der Waals surface area (Å²) in [7, 11) is 0. The molecule has 0 bridgehead atoms. The summed E-state index contributed by atoms with van der Waals surface area (Å²) < 4.78 is 11.0. The first-order valence-electron chi connectivity index (χ1n) is 7.74. The molecule has 0 unspecified atom stereocenters. The van der Waals surface area contributed by atoms with Crippen LogP contribution in [0.2, 0.25) is 5.02 Å². The fourth-order valence-corrected chi connectivity index (χ4v) is 2.67. The quantitative estimate of drug-likeness (QED) is 0.842. The first kappa shape index (κ1) is 16.2. The largest absolute Gasteiger partial charge is 0.489 e. The van der Waals surface area contributed by atoms with Gasteiger partial charge in [-0.1, -0.05) is 23.7 Å². The number of aromatic nitrogens is 2. The highest BCUT2D eigenvalue weighted by Crippen LogP contribution is 2.26. The van der Waals surface area contributed by atoms with Crippen LogP contribution in [0, 0.1) is 6.92 Å². The Morgan fingerprint density at radius 2 is 1.96 bits per heavy atom. The third-order valence-electron chi connectivity index (χ3n) is 3.92. The lowest BCUT2D eigenvalue weighted by molar-refractivity contribution is 0.0322. The van der Waals surface area contributed by atoms with Crippen molar-refractivity contribution in [2.24, 2.45) is 0 Å². The number of ether oxygens (including phenoxy) is 2. The van der Waals surface area contributed by atoms with Crippen LogP contribution in [-0.2, 0) is 4.74 Å². The Bertz CT molecular complexity index is 643. The molecular formula is C17H20ClN3O2. The molecule has 3 rings (SSSR count). The lowest BCUT2D eigenvalue weighted by atomic mass is 10.1. The van der Waals surface area contributed by atoms with Gasteiger partial charge in [0.1, 0.15) is 6.61 Å². The maximum Gasteiger partial charge on any atom is 0.159 e. The van der Waals surface area contributed by atoms with Crippen molar-refractivity contribution < 1.29 is 9.47 Å². The zero-order valence-corrected chi connectivity index (χ0v) is 13.9. The number of morpholine rings is 1. The molecule has 1 aromatic carbocycles. The Morgan fingerprint density at radius 3 is 2.70 bits per heavy atom. The minimum atomic E-state index is 0.624. The van der Waals surface area contributed by atoms with Crippen molar-refractivity contribution in [2.45, 2.75) is 6.92 Å². The predicted molar refractivity (Wildman–Crippen MR) is 90.0 cm³/mol. The molecule has 6 heteroatoms. The zero-order chi connectivity index (χ0) is 16.1. The first-order valence-corrected chi connectivity index (χ1v) is 8.12. The van der Waals surface area contributed by atoms with Gasteiger partial charge in [0, 0.05) is 30.2 Å². The maximum atomic E-state index is 6.14. The zero-order valence-electron chi connectivity index (χ0n) is 13.2. The van der Waals surface area contributed by atoms with Crippen LogP contribution in [-0.4, -0.2) is 54.3 Å². The summed E-state index contributed by atoms with van der Waals surface area (Å²) in [6, 6.07) is 5.74. The van der Waals surface area contributed by atoms with Crippen LogP contribution in [0.15, 0.2) is 30.6 Å². The van der Waals surface area contributed by atoms with Crippen molar-refractivity contribution in [3.05, 3.63) is 41.2 Å². The molecule has 5 nitrogen and oxygen atoms in total. The predicted octanol–water partition coefficient (Wildman–Crippen LogP) is 2.82. The molecule has 2 heterocycles. The van der Waals surface area contributed by atoms with Gasteiger partial charge in [0.15, 0.2) is 11.6 Å². The molecule has 1 saturated heterocycles. The van der Waals surface area contributed by atoms with Gasteiger partial charge in [-0.3, -0.25) is 4.90 Å². The van der Waals surface area contributed by atoms with Crippen LogP contribution in [0.5, 0.6) is 5.75 Å². The first-order chi connectivity index (χ1) is 11.2. The minimum absolute atomic E-state index is 0.624. The molecular weight excluding hydrogens is 314 g/mol. The Kier molecular flexibility index (Phi) is 5.43. The van der Waals surface area contributed by atoms with Crippen molar-refractivity contribution in [2.75, 3.05) is 39.5 Å². The van der Waals surface area contributed by atoms with Crippen LogP contribution < -0.4 is 4.74 Å². The number of rotatable bonds is 5. The average molecular weight is 334 g/mol. The van der Waals surface area contributed by atoms with E-state index < -0.39 is 0 Å². The van der Waals surface area contributed by atoms with E-state index in [0.717, 1.165) is 49.0 Å². The molecule has 0 atom stereocenters. The summed E-state index contributed by atoms with van der Waals surface area (Å²) in [4.78, 5) is 11.1. The van der Waals surface area contributed by atoms with Crippen molar-refractivity contribution in [1.82, 2.24) is 14.9 Å². The van der Waals surface area contributed by atoms with Crippen LogP contribution in [0.4, 0.5) is 0 Å². The van der Waals surface area contributed by atoms with E-state index in [-0.39, 0.29) is 0 Å². The Balaban J connectivity index is 1.57. The van der Waals surface area contributed by atoms with Gasteiger partial charge in [-0.15, -0.1) is 0 Å². The van der Waals surface area contributed by atoms with Crippen molar-refractivity contribution in [3.8, 4) is 17.1 Å². The van der Waals surface area contributed by atoms with E-state index in [4.69, 9.17) is 21.1 Å². The fraction of sp³-hybridized carbons (Fsp3) is 0.412. The van der Waals surface area contributed by atoms with Gasteiger partial charge in [0.2, 0.25) is 0 Å². The number of hydrogen-bond donors (Lipinski definition) is 0. The molecule has 0 spiro atoms. The summed E-state index contributed by atoms with van der Waals surface area (Å²) in [6.45, 7) is 7.01. The van der Waals surface area contributed by atoms with E-state index >= 15 is 0 Å². The van der Waals surface area contributed by atoms with Gasteiger partial charge >= 0.3 is 0 Å². The van der Waals surface area contributed by atoms with Crippen LogP contribution in [0.3, 0.4) is 0 Å². The molecule has 0 radical (unpaired) electrons. The number of halogens is 1.